The molecule has 0 saturated carbocycles. The van der Waals surface area contributed by atoms with E-state index >= 15 is 0 Å². The summed E-state index contributed by atoms with van der Waals surface area (Å²) in [6, 6.07) is 0. The average molecular weight is 386 g/mol. The predicted octanol–water partition coefficient (Wildman–Crippen LogP) is 4.73. The fraction of sp³-hybridized carbons (Fsp3) is 0.600. The molecule has 0 spiro atoms. The Morgan fingerprint density at radius 3 is 1.33 bits per heavy atom. The molecule has 0 amide bonds. The first-order chi connectivity index (χ1) is 5.77. The van der Waals surface area contributed by atoms with E-state index in [1.54, 1.807) is 18.3 Å². The van der Waals surface area contributed by atoms with Gasteiger partial charge in [0.2, 0.25) is 0 Å². The van der Waals surface area contributed by atoms with E-state index in [0.717, 1.165) is 0 Å². The fourth-order valence-electron chi connectivity index (χ4n) is 1.62. The van der Waals surface area contributed by atoms with Crippen molar-refractivity contribution in [1.82, 2.24) is 0 Å². The first kappa shape index (κ1) is 9.49. The largest absolute Gasteiger partial charge is 0.0603 e. The highest BCUT2D eigenvalue weighted by atomic mass is 127. The van der Waals surface area contributed by atoms with E-state index in [0.29, 0.717) is 0 Å². The van der Waals surface area contributed by atoms with Crippen LogP contribution < -0.4 is 0 Å². The number of hydrogen-bond donors (Lipinski definition) is 0. The summed E-state index contributed by atoms with van der Waals surface area (Å²) in [6.07, 6.45) is 8.16. The van der Waals surface area contributed by atoms with Gasteiger partial charge in [-0.05, 0) is 90.9 Å². The lowest BCUT2D eigenvalue weighted by Gasteiger charge is -2.23. The van der Waals surface area contributed by atoms with Crippen LogP contribution in [-0.4, -0.2) is 0 Å². The van der Waals surface area contributed by atoms with Crippen molar-refractivity contribution in [3.05, 3.63) is 18.3 Å². The van der Waals surface area contributed by atoms with Crippen molar-refractivity contribution in [2.24, 2.45) is 0 Å². The molecule has 2 aliphatic carbocycles. The summed E-state index contributed by atoms with van der Waals surface area (Å²) >= 11 is 5.00. The summed E-state index contributed by atoms with van der Waals surface area (Å²) < 4.78 is 3.28. The van der Waals surface area contributed by atoms with Gasteiger partial charge in [0.1, 0.15) is 0 Å². The van der Waals surface area contributed by atoms with Crippen LogP contribution in [0.2, 0.25) is 0 Å². The van der Waals surface area contributed by atoms with Crippen molar-refractivity contribution >= 4 is 45.2 Å². The summed E-state index contributed by atoms with van der Waals surface area (Å²) in [6.45, 7) is 0. The first-order valence-corrected chi connectivity index (χ1v) is 6.66. The topological polar surface area (TPSA) is 0 Å². The third kappa shape index (κ3) is 1.89. The molecular weight excluding hydrogens is 374 g/mol. The van der Waals surface area contributed by atoms with Gasteiger partial charge in [-0.15, -0.1) is 0 Å². The first-order valence-electron chi connectivity index (χ1n) is 4.50. The zero-order valence-electron chi connectivity index (χ0n) is 7.00. The molecule has 0 aromatic rings. The van der Waals surface area contributed by atoms with Gasteiger partial charge in [-0.1, -0.05) is 11.1 Å². The molecule has 0 bridgehead atoms. The molecule has 0 saturated heterocycles. The molecule has 0 heterocycles. The molecule has 2 rings (SSSR count). The van der Waals surface area contributed by atoms with Crippen LogP contribution in [-0.2, 0) is 0 Å². The number of halogens is 2. The van der Waals surface area contributed by atoms with Crippen LogP contribution >= 0.6 is 45.2 Å². The van der Waals surface area contributed by atoms with E-state index in [9.17, 15) is 0 Å². The molecule has 0 unspecified atom stereocenters. The zero-order valence-corrected chi connectivity index (χ0v) is 11.3. The standard InChI is InChI=1S/C10H12I2/c11-9-5-3-7(9)1-2-8-4-6-10(8)12/h1-6H2. The van der Waals surface area contributed by atoms with E-state index in [4.69, 9.17) is 0 Å². The highest BCUT2D eigenvalue weighted by Crippen LogP contribution is 2.40. The molecule has 12 heavy (non-hydrogen) atoms. The summed E-state index contributed by atoms with van der Waals surface area (Å²) in [5.41, 5.74) is 3.47. The Kier molecular flexibility index (Phi) is 3.15. The lowest BCUT2D eigenvalue weighted by molar-refractivity contribution is 0.718. The Hall–Kier alpha value is 0.940. The molecule has 66 valence electrons. The van der Waals surface area contributed by atoms with Crippen molar-refractivity contribution in [3.8, 4) is 0 Å². The monoisotopic (exact) mass is 386 g/mol. The van der Waals surface area contributed by atoms with Gasteiger partial charge < -0.3 is 0 Å². The average Bonchev–Trinajstić information content (AvgIpc) is 2.06. The van der Waals surface area contributed by atoms with Gasteiger partial charge in [-0.2, -0.15) is 0 Å². The van der Waals surface area contributed by atoms with Gasteiger partial charge in [-0.25, -0.2) is 0 Å². The van der Waals surface area contributed by atoms with Crippen molar-refractivity contribution < 1.29 is 0 Å². The lowest BCUT2D eigenvalue weighted by atomic mass is 9.88. The Morgan fingerprint density at radius 1 is 0.750 bits per heavy atom. The minimum Gasteiger partial charge on any atom is -0.0603 e. The summed E-state index contributed by atoms with van der Waals surface area (Å²) in [7, 11) is 0. The SMILES string of the molecule is IC1=C(CCC2=C(I)CC2)CC1. The third-order valence-corrected chi connectivity index (χ3v) is 5.39. The third-order valence-electron chi connectivity index (χ3n) is 2.79. The minimum atomic E-state index is 1.35. The van der Waals surface area contributed by atoms with Crippen molar-refractivity contribution in [2.45, 2.75) is 38.5 Å². The minimum absolute atomic E-state index is 1.35. The highest BCUT2D eigenvalue weighted by Gasteiger charge is 2.18. The highest BCUT2D eigenvalue weighted by molar-refractivity contribution is 14.1. The van der Waals surface area contributed by atoms with Crippen LogP contribution in [0.4, 0.5) is 0 Å². The quantitative estimate of drug-likeness (QED) is 0.616. The molecule has 0 fully saturated rings. The van der Waals surface area contributed by atoms with Gasteiger partial charge in [0.05, 0.1) is 0 Å². The van der Waals surface area contributed by atoms with E-state index < -0.39 is 0 Å². The van der Waals surface area contributed by atoms with Crippen molar-refractivity contribution in [2.75, 3.05) is 0 Å². The van der Waals surface area contributed by atoms with Gasteiger partial charge in [0.15, 0.2) is 0 Å². The number of allylic oxidation sites excluding steroid dienone is 4. The molecule has 0 aromatic heterocycles. The maximum absolute atomic E-state index is 2.50. The normalized spacial score (nSPS) is 22.5. The molecule has 0 nitrogen and oxygen atoms in total. The van der Waals surface area contributed by atoms with E-state index in [-0.39, 0.29) is 0 Å². The van der Waals surface area contributed by atoms with Gasteiger partial charge in [0.25, 0.3) is 0 Å². The second-order valence-corrected chi connectivity index (χ2v) is 6.12. The zero-order chi connectivity index (χ0) is 8.55. The Morgan fingerprint density at radius 2 is 1.17 bits per heavy atom. The van der Waals surface area contributed by atoms with Crippen molar-refractivity contribution in [3.63, 3.8) is 0 Å². The van der Waals surface area contributed by atoms with Crippen LogP contribution in [0.3, 0.4) is 0 Å². The van der Waals surface area contributed by atoms with Crippen LogP contribution in [0.15, 0.2) is 18.3 Å². The second-order valence-electron chi connectivity index (χ2n) is 3.52. The van der Waals surface area contributed by atoms with Crippen LogP contribution in [0, 0.1) is 0 Å². The van der Waals surface area contributed by atoms with E-state index in [2.05, 4.69) is 45.2 Å². The second kappa shape index (κ2) is 3.98. The smallest absolute Gasteiger partial charge is 0.00986 e. The molecule has 0 aromatic carbocycles. The molecule has 0 atom stereocenters. The molecule has 2 aliphatic rings. The Labute approximate surface area is 101 Å². The number of hydrogen-bond acceptors (Lipinski definition) is 0. The van der Waals surface area contributed by atoms with Gasteiger partial charge in [0, 0.05) is 0 Å². The predicted molar refractivity (Wildman–Crippen MR) is 69.8 cm³/mol. The maximum Gasteiger partial charge on any atom is -0.00986 e. The molecular formula is C10H12I2. The van der Waals surface area contributed by atoms with Crippen LogP contribution in [0.1, 0.15) is 38.5 Å². The Bertz CT molecular complexity index is 233. The maximum atomic E-state index is 2.50. The van der Waals surface area contributed by atoms with E-state index in [1.807, 2.05) is 0 Å². The van der Waals surface area contributed by atoms with Crippen LogP contribution in [0.5, 0.6) is 0 Å². The van der Waals surface area contributed by atoms with Crippen LogP contribution in [0.25, 0.3) is 0 Å². The molecule has 0 radical (unpaired) electrons. The lowest BCUT2D eigenvalue weighted by Crippen LogP contribution is -2.03. The fourth-order valence-corrected chi connectivity index (χ4v) is 3.23. The molecule has 0 N–H and O–H groups in total. The van der Waals surface area contributed by atoms with Gasteiger partial charge >= 0.3 is 0 Å². The number of rotatable bonds is 3. The van der Waals surface area contributed by atoms with Crippen molar-refractivity contribution in [1.29, 1.82) is 0 Å². The molecule has 2 heteroatoms. The summed E-state index contributed by atoms with van der Waals surface area (Å²) in [4.78, 5) is 0. The van der Waals surface area contributed by atoms with Gasteiger partial charge in [-0.3, -0.25) is 0 Å². The molecule has 0 aliphatic heterocycles. The summed E-state index contributed by atoms with van der Waals surface area (Å²) in [5, 5.41) is 0. The van der Waals surface area contributed by atoms with E-state index in [1.165, 1.54) is 38.5 Å². The Balaban J connectivity index is 1.83. The summed E-state index contributed by atoms with van der Waals surface area (Å²) in [5.74, 6) is 0.